The third-order valence-corrected chi connectivity index (χ3v) is 9.74. The summed E-state index contributed by atoms with van der Waals surface area (Å²) in [6.45, 7) is 1.88. The van der Waals surface area contributed by atoms with Crippen molar-refractivity contribution in [3.63, 3.8) is 0 Å². The molecule has 2 aromatic rings. The minimum atomic E-state index is -2.64. The van der Waals surface area contributed by atoms with Gasteiger partial charge in [0.25, 0.3) is 0 Å². The monoisotopic (exact) mass is 638 g/mol. The smallest absolute Gasteiger partial charge is 0.194 e. The van der Waals surface area contributed by atoms with Crippen molar-refractivity contribution in [3.8, 4) is 23.0 Å². The number of ketones is 4. The summed E-state index contributed by atoms with van der Waals surface area (Å²) in [6.07, 6.45) is -8.97. The normalized spacial score (nSPS) is 33.8. The number of hydrogen-bond acceptors (Lipinski definition) is 14. The fourth-order valence-electron chi connectivity index (χ4n) is 7.23. The van der Waals surface area contributed by atoms with E-state index >= 15 is 0 Å². The number of carbonyl (C=O) groups excluding carboxylic acids is 4. The van der Waals surface area contributed by atoms with Gasteiger partial charge >= 0.3 is 0 Å². The number of aromatic hydroxyl groups is 2. The molecule has 14 nitrogen and oxygen atoms in total. The number of aliphatic hydroxyl groups is 6. The number of Topliss-reactive ketones (excluding diaryl/α,β-unsaturated/α-hetero) is 4. The van der Waals surface area contributed by atoms with Gasteiger partial charge in [-0.2, -0.15) is 0 Å². The maximum atomic E-state index is 14.2. The van der Waals surface area contributed by atoms with E-state index in [1.165, 1.54) is 14.2 Å². The Bertz CT molecular complexity index is 1710. The molecular formula is C32H30O14. The molecule has 2 aromatic carbocycles. The van der Waals surface area contributed by atoms with Crippen molar-refractivity contribution in [2.24, 2.45) is 11.8 Å². The number of rotatable bonds is 3. The van der Waals surface area contributed by atoms with Crippen molar-refractivity contribution in [2.75, 3.05) is 14.2 Å². The maximum absolute atomic E-state index is 14.2. The van der Waals surface area contributed by atoms with Crippen molar-refractivity contribution in [2.45, 2.75) is 49.5 Å². The van der Waals surface area contributed by atoms with E-state index < -0.39 is 127 Å². The number of ether oxygens (including phenoxy) is 2. The third kappa shape index (κ3) is 3.85. The molecule has 0 aliphatic heterocycles. The number of fused-ring (bicyclic) bond motifs is 2. The fraction of sp³-hybridized carbons (Fsp3) is 0.375. The fourth-order valence-corrected chi connectivity index (χ4v) is 7.23. The molecule has 0 unspecified atom stereocenters. The summed E-state index contributed by atoms with van der Waals surface area (Å²) in [5.41, 5.74) is -10.1. The first-order chi connectivity index (χ1) is 21.4. The Morgan fingerprint density at radius 2 is 0.891 bits per heavy atom. The summed E-state index contributed by atoms with van der Waals surface area (Å²) in [5, 5.41) is 90.1. The Kier molecular flexibility index (Phi) is 6.88. The second-order valence-electron chi connectivity index (χ2n) is 12.3. The molecule has 0 fully saturated rings. The SMILES string of the molecule is COc1cc(O)c2c(c1)C(=O)C1=C(C2=O)[C@H]([C@@H]2C3=C(C(=O)c4cc(OC)cc(O)c4C3=O)[C@@H](O)[C@@](C)(O)[C@@H]2O)[C@@H](O)[C@](C)(O)[C@@H]1O. The van der Waals surface area contributed by atoms with Crippen LogP contribution in [0, 0.1) is 11.8 Å². The van der Waals surface area contributed by atoms with Gasteiger partial charge in [0.1, 0.15) is 46.4 Å². The predicted octanol–water partition coefficient (Wildman–Crippen LogP) is -0.628. The topological polar surface area (TPSA) is 249 Å². The van der Waals surface area contributed by atoms with E-state index in [-0.39, 0.29) is 11.5 Å². The molecule has 0 heterocycles. The van der Waals surface area contributed by atoms with Crippen LogP contribution in [0.4, 0.5) is 0 Å². The molecule has 8 N–H and O–H groups in total. The highest BCUT2D eigenvalue weighted by atomic mass is 16.5. The molecule has 4 aliphatic carbocycles. The van der Waals surface area contributed by atoms with Crippen LogP contribution in [0.5, 0.6) is 23.0 Å². The second-order valence-corrected chi connectivity index (χ2v) is 12.3. The highest BCUT2D eigenvalue weighted by Gasteiger charge is 2.64. The molecule has 0 saturated heterocycles. The van der Waals surface area contributed by atoms with Crippen molar-refractivity contribution >= 4 is 23.1 Å². The van der Waals surface area contributed by atoms with Crippen molar-refractivity contribution in [1.29, 1.82) is 0 Å². The van der Waals surface area contributed by atoms with E-state index in [1.807, 2.05) is 0 Å². The Labute approximate surface area is 260 Å². The van der Waals surface area contributed by atoms with Crippen LogP contribution in [0.3, 0.4) is 0 Å². The van der Waals surface area contributed by atoms with E-state index in [0.29, 0.717) is 0 Å². The van der Waals surface area contributed by atoms with Gasteiger partial charge in [0.05, 0.1) is 37.6 Å². The summed E-state index contributed by atoms with van der Waals surface area (Å²) in [4.78, 5) is 56.2. The summed E-state index contributed by atoms with van der Waals surface area (Å²) in [7, 11) is 2.47. The van der Waals surface area contributed by atoms with Crippen LogP contribution in [0.2, 0.25) is 0 Å². The van der Waals surface area contributed by atoms with Gasteiger partial charge in [-0.15, -0.1) is 0 Å². The lowest BCUT2D eigenvalue weighted by Gasteiger charge is -2.53. The molecule has 6 rings (SSSR count). The van der Waals surface area contributed by atoms with Gasteiger partial charge in [-0.05, 0) is 26.0 Å². The molecule has 14 heteroatoms. The molecule has 0 aromatic heterocycles. The lowest BCUT2D eigenvalue weighted by atomic mass is 9.54. The summed E-state index contributed by atoms with van der Waals surface area (Å²) in [5.74, 6) is -9.92. The molecular weight excluding hydrogens is 608 g/mol. The van der Waals surface area contributed by atoms with Crippen molar-refractivity contribution in [3.05, 3.63) is 68.8 Å². The van der Waals surface area contributed by atoms with Crippen LogP contribution in [-0.4, -0.2) is 114 Å². The average molecular weight is 639 g/mol. The van der Waals surface area contributed by atoms with Crippen LogP contribution in [0.15, 0.2) is 46.6 Å². The largest absolute Gasteiger partial charge is 0.507 e. The molecule has 46 heavy (non-hydrogen) atoms. The van der Waals surface area contributed by atoms with Crippen LogP contribution in [0.1, 0.15) is 55.3 Å². The Hall–Kier alpha value is -4.44. The lowest BCUT2D eigenvalue weighted by Crippen LogP contribution is -2.66. The number of methoxy groups -OCH3 is 2. The van der Waals surface area contributed by atoms with E-state index in [9.17, 15) is 60.0 Å². The number of aliphatic hydroxyl groups excluding tert-OH is 4. The van der Waals surface area contributed by atoms with Gasteiger partial charge in [0.15, 0.2) is 23.1 Å². The summed E-state index contributed by atoms with van der Waals surface area (Å²) >= 11 is 0. The van der Waals surface area contributed by atoms with Crippen LogP contribution in [0.25, 0.3) is 0 Å². The average Bonchev–Trinajstić information content (AvgIpc) is 3.00. The van der Waals surface area contributed by atoms with Gasteiger partial charge in [0, 0.05) is 57.4 Å². The van der Waals surface area contributed by atoms with Gasteiger partial charge < -0.3 is 50.3 Å². The van der Waals surface area contributed by atoms with Gasteiger partial charge in [-0.1, -0.05) is 0 Å². The molecule has 4 aliphatic rings. The zero-order valence-corrected chi connectivity index (χ0v) is 24.8. The molecule has 0 saturated carbocycles. The highest BCUT2D eigenvalue weighted by Crippen LogP contribution is 2.55. The quantitative estimate of drug-likeness (QED) is 0.209. The first kappa shape index (κ1) is 31.5. The Morgan fingerprint density at radius 1 is 0.565 bits per heavy atom. The first-order valence-corrected chi connectivity index (χ1v) is 14.1. The molecule has 0 amide bonds. The van der Waals surface area contributed by atoms with Crippen molar-refractivity contribution in [1.82, 2.24) is 0 Å². The number of phenolic OH excluding ortho intramolecular Hbond substituents is 2. The zero-order chi connectivity index (χ0) is 33.9. The van der Waals surface area contributed by atoms with Gasteiger partial charge in [-0.25, -0.2) is 0 Å². The third-order valence-electron chi connectivity index (χ3n) is 9.74. The standard InChI is InChI=1S/C32H30O14/c1-31(43)27(39)19(17-21(29(31)41)23(35)11-5-9(45-3)7-13(33)15(11)25(17)37)20-18-22(30(42)32(2,44)28(20)40)24(36)12-6-10(46-4)8-14(34)16(12)26(18)38/h5-8,19-20,27-30,33-34,39-44H,1-4H3/t19-,20+,27-,28-,29-,30-,31+,32+/m1/s1. The lowest BCUT2D eigenvalue weighted by molar-refractivity contribution is -0.180. The number of phenols is 2. The molecule has 8 atom stereocenters. The number of carbonyl (C=O) groups is 4. The molecule has 0 radical (unpaired) electrons. The van der Waals surface area contributed by atoms with E-state index in [4.69, 9.17) is 9.47 Å². The van der Waals surface area contributed by atoms with Gasteiger partial charge in [-0.3, -0.25) is 19.2 Å². The Morgan fingerprint density at radius 3 is 1.20 bits per heavy atom. The molecule has 242 valence electrons. The zero-order valence-electron chi connectivity index (χ0n) is 24.8. The Balaban J connectivity index is 1.67. The number of hydrogen-bond donors (Lipinski definition) is 8. The molecule has 0 spiro atoms. The van der Waals surface area contributed by atoms with Crippen LogP contribution < -0.4 is 9.47 Å². The summed E-state index contributed by atoms with van der Waals surface area (Å²) in [6, 6.07) is 4.31. The van der Waals surface area contributed by atoms with Gasteiger partial charge in [0.2, 0.25) is 0 Å². The minimum absolute atomic E-state index is 0.0287. The van der Waals surface area contributed by atoms with E-state index in [1.54, 1.807) is 0 Å². The van der Waals surface area contributed by atoms with E-state index in [0.717, 1.165) is 38.1 Å². The molecule has 0 bridgehead atoms. The van der Waals surface area contributed by atoms with Crippen molar-refractivity contribution < 1.29 is 69.5 Å². The van der Waals surface area contributed by atoms with Crippen LogP contribution in [-0.2, 0) is 0 Å². The minimum Gasteiger partial charge on any atom is -0.507 e. The predicted molar refractivity (Wildman–Crippen MR) is 153 cm³/mol. The first-order valence-electron chi connectivity index (χ1n) is 14.1. The van der Waals surface area contributed by atoms with E-state index in [2.05, 4.69) is 0 Å². The number of benzene rings is 2. The van der Waals surface area contributed by atoms with Crippen LogP contribution >= 0.6 is 0 Å². The second kappa shape index (κ2) is 10.0. The summed E-state index contributed by atoms with van der Waals surface area (Å²) < 4.78 is 10.2. The highest BCUT2D eigenvalue weighted by molar-refractivity contribution is 6.30. The maximum Gasteiger partial charge on any atom is 0.194 e.